The van der Waals surface area contributed by atoms with Gasteiger partial charge in [0.05, 0.1) is 24.9 Å². The lowest BCUT2D eigenvalue weighted by Gasteiger charge is -2.47. The van der Waals surface area contributed by atoms with Gasteiger partial charge in [-0.2, -0.15) is 0 Å². The van der Waals surface area contributed by atoms with Gasteiger partial charge in [-0.3, -0.25) is 4.79 Å². The van der Waals surface area contributed by atoms with Crippen molar-refractivity contribution in [1.29, 1.82) is 0 Å². The van der Waals surface area contributed by atoms with E-state index in [1.54, 1.807) is 0 Å². The van der Waals surface area contributed by atoms with E-state index in [0.29, 0.717) is 18.5 Å². The molecule has 0 spiro atoms. The number of methoxy groups -OCH3 is 1. The first-order chi connectivity index (χ1) is 19.5. The van der Waals surface area contributed by atoms with Crippen molar-refractivity contribution in [2.75, 3.05) is 18.6 Å². The zero-order chi connectivity index (χ0) is 29.6. The van der Waals surface area contributed by atoms with E-state index in [1.807, 2.05) is 0 Å². The average Bonchev–Trinajstić information content (AvgIpc) is 3.42. The summed E-state index contributed by atoms with van der Waals surface area (Å²) in [5.41, 5.74) is 0.397. The molecule has 1 amide bonds. The molecule has 2 heterocycles. The maximum absolute atomic E-state index is 14.2. The average molecular weight is 613 g/mol. The summed E-state index contributed by atoms with van der Waals surface area (Å²) in [6.45, 7) is 0.658. The maximum Gasteiger partial charge on any atom is 0.259 e. The number of rotatable bonds is 7. The van der Waals surface area contributed by atoms with Crippen molar-refractivity contribution in [1.82, 2.24) is 15.0 Å². The Morgan fingerprint density at radius 1 is 1.15 bits per heavy atom. The summed E-state index contributed by atoms with van der Waals surface area (Å²) >= 11 is 12.4. The number of amides is 1. The van der Waals surface area contributed by atoms with Gasteiger partial charge in [0.2, 0.25) is 0 Å². The maximum atomic E-state index is 14.2. The molecule has 10 nitrogen and oxygen atoms in total. The Balaban J connectivity index is 1.53. The second-order valence-electron chi connectivity index (χ2n) is 10.2. The van der Waals surface area contributed by atoms with E-state index in [9.17, 15) is 28.9 Å². The zero-order valence-corrected chi connectivity index (χ0v) is 23.5. The summed E-state index contributed by atoms with van der Waals surface area (Å²) in [7, 11) is 1.31. The number of nitrogens with zero attached hydrogens (tertiary/aromatic N) is 4. The van der Waals surface area contributed by atoms with Crippen molar-refractivity contribution in [2.24, 2.45) is 0 Å². The van der Waals surface area contributed by atoms with Gasteiger partial charge in [-0.05, 0) is 50.1 Å². The van der Waals surface area contributed by atoms with Crippen LogP contribution in [0.15, 0.2) is 36.5 Å². The van der Waals surface area contributed by atoms with Crippen molar-refractivity contribution in [3.63, 3.8) is 0 Å². The fourth-order valence-electron chi connectivity index (χ4n) is 5.27. The molecule has 5 rings (SSSR count). The van der Waals surface area contributed by atoms with Crippen LogP contribution in [0, 0.1) is 18.6 Å². The number of benzene rings is 2. The second kappa shape index (κ2) is 11.9. The highest BCUT2D eigenvalue weighted by Gasteiger charge is 2.52. The van der Waals surface area contributed by atoms with Gasteiger partial charge in [0.1, 0.15) is 41.7 Å². The first-order valence-electron chi connectivity index (χ1n) is 12.9. The summed E-state index contributed by atoms with van der Waals surface area (Å²) in [4.78, 5) is 15.5. The lowest BCUT2D eigenvalue weighted by Crippen LogP contribution is -2.64. The van der Waals surface area contributed by atoms with E-state index >= 15 is 0 Å². The van der Waals surface area contributed by atoms with Crippen molar-refractivity contribution < 1.29 is 38.4 Å². The number of halogens is 4. The molecule has 2 aliphatic rings. The largest absolute Gasteiger partial charge is 0.394 e. The van der Waals surface area contributed by atoms with Crippen LogP contribution in [0.1, 0.15) is 24.4 Å². The highest BCUT2D eigenvalue weighted by atomic mass is 35.5. The smallest absolute Gasteiger partial charge is 0.259 e. The molecule has 0 bridgehead atoms. The van der Waals surface area contributed by atoms with Crippen LogP contribution in [0.4, 0.5) is 14.5 Å². The number of hydrogen-bond donors (Lipinski definition) is 3. The van der Waals surface area contributed by atoms with Crippen molar-refractivity contribution in [2.45, 2.75) is 62.4 Å². The predicted octanol–water partition coefficient (Wildman–Crippen LogP) is 3.07. The fourth-order valence-corrected chi connectivity index (χ4v) is 5.79. The Kier molecular flexibility index (Phi) is 8.63. The van der Waals surface area contributed by atoms with Crippen LogP contribution in [-0.2, 0) is 14.3 Å². The predicted molar refractivity (Wildman–Crippen MR) is 145 cm³/mol. The minimum absolute atomic E-state index is 0.104. The number of aliphatic hydroxyl groups is 3. The molecule has 3 N–H and O–H groups in total. The van der Waals surface area contributed by atoms with Crippen molar-refractivity contribution in [3.8, 4) is 11.3 Å². The van der Waals surface area contributed by atoms with E-state index in [1.165, 1.54) is 48.0 Å². The molecule has 3 aromatic rings. The van der Waals surface area contributed by atoms with E-state index in [2.05, 4.69) is 10.3 Å². The minimum Gasteiger partial charge on any atom is -0.394 e. The molecule has 7 atom stereocenters. The third-order valence-electron chi connectivity index (χ3n) is 7.67. The fraction of sp³-hybridized carbons (Fsp3) is 0.444. The molecular weight excluding hydrogens is 585 g/mol. The number of aromatic nitrogens is 3. The number of hydrogen-bond acceptors (Lipinski definition) is 8. The molecule has 0 radical (unpaired) electrons. The molecule has 41 heavy (non-hydrogen) atoms. The van der Waals surface area contributed by atoms with Crippen LogP contribution in [0.3, 0.4) is 0 Å². The Labute approximate surface area is 244 Å². The molecule has 2 fully saturated rings. The molecule has 1 aliphatic heterocycles. The number of carbonyl (C=O) groups excluding carboxylic acids is 1. The van der Waals surface area contributed by atoms with Crippen LogP contribution in [-0.4, -0.2) is 86.5 Å². The molecule has 5 unspecified atom stereocenters. The highest BCUT2D eigenvalue weighted by molar-refractivity contribution is 6.35. The topological polar surface area (TPSA) is 130 Å². The molecule has 1 saturated carbocycles. The molecule has 1 aromatic heterocycles. The van der Waals surface area contributed by atoms with Gasteiger partial charge < -0.3 is 29.7 Å². The molecule has 220 valence electrons. The number of aliphatic hydroxyl groups excluding tert-OH is 3. The first kappa shape index (κ1) is 29.8. The standard InChI is InChI=1S/C27H28Cl2F2N4O6/c1-12-17(30)5-13(6-18(12)31)19-10-34(33-32-19)23-24(38)22(11-36)41-26(25(23)40-2)27(39)35(20-3-4-21(20)37)16-8-14(28)7-15(29)9-16/h5-10,20-26,36-38H,3-4,11H2,1-2H3/t20-,21-,22?,23?,24?,25?,26?/m0/s1. The quantitative estimate of drug-likeness (QED) is 0.371. The zero-order valence-electron chi connectivity index (χ0n) is 22.0. The summed E-state index contributed by atoms with van der Waals surface area (Å²) < 4.78 is 41.2. The van der Waals surface area contributed by atoms with Crippen molar-refractivity contribution >= 4 is 34.8 Å². The minimum atomic E-state index is -1.42. The van der Waals surface area contributed by atoms with Gasteiger partial charge in [-0.25, -0.2) is 13.5 Å². The third-order valence-corrected chi connectivity index (χ3v) is 8.11. The van der Waals surface area contributed by atoms with E-state index in [0.717, 1.165) is 12.1 Å². The summed E-state index contributed by atoms with van der Waals surface area (Å²) in [5.74, 6) is -2.15. The first-order valence-corrected chi connectivity index (χ1v) is 13.6. The molecule has 1 aliphatic carbocycles. The summed E-state index contributed by atoms with van der Waals surface area (Å²) in [6, 6.07) is 5.06. The lowest BCUT2D eigenvalue weighted by molar-refractivity contribution is -0.211. The highest BCUT2D eigenvalue weighted by Crippen LogP contribution is 2.38. The van der Waals surface area contributed by atoms with Gasteiger partial charge in [-0.15, -0.1) is 5.10 Å². The van der Waals surface area contributed by atoms with Crippen molar-refractivity contribution in [3.05, 3.63) is 63.8 Å². The van der Waals surface area contributed by atoms with Crippen LogP contribution >= 0.6 is 23.2 Å². The molecule has 14 heteroatoms. The Hall–Kier alpha value is -2.71. The number of carbonyl (C=O) groups is 1. The van der Waals surface area contributed by atoms with Crippen LogP contribution in [0.5, 0.6) is 0 Å². The second-order valence-corrected chi connectivity index (χ2v) is 11.0. The van der Waals surface area contributed by atoms with Crippen LogP contribution < -0.4 is 4.90 Å². The van der Waals surface area contributed by atoms with Crippen LogP contribution in [0.2, 0.25) is 10.0 Å². The summed E-state index contributed by atoms with van der Waals surface area (Å²) in [5, 5.41) is 40.3. The molecule has 1 saturated heterocycles. The normalized spacial score (nSPS) is 27.9. The van der Waals surface area contributed by atoms with Gasteiger partial charge >= 0.3 is 0 Å². The monoisotopic (exact) mass is 612 g/mol. The van der Waals surface area contributed by atoms with E-state index < -0.39 is 66.8 Å². The Bertz CT molecular complexity index is 1400. The van der Waals surface area contributed by atoms with Gasteiger partial charge in [-0.1, -0.05) is 28.4 Å². The van der Waals surface area contributed by atoms with Gasteiger partial charge in [0.15, 0.2) is 6.10 Å². The SMILES string of the molecule is COC1C(C(=O)N(c2cc(Cl)cc(Cl)c2)[C@H]2CC[C@@H]2O)OC(CO)C(O)C1n1cc(-c2cc(F)c(C)c(F)c2)nn1. The number of anilines is 1. The third kappa shape index (κ3) is 5.57. The number of ether oxygens (including phenoxy) is 2. The van der Waals surface area contributed by atoms with Gasteiger partial charge in [0.25, 0.3) is 5.91 Å². The summed E-state index contributed by atoms with van der Waals surface area (Å²) in [6.07, 6.45) is -3.71. The molecular formula is C27H28Cl2F2N4O6. The van der Waals surface area contributed by atoms with E-state index in [4.69, 9.17) is 32.7 Å². The lowest BCUT2D eigenvalue weighted by atomic mass is 9.85. The van der Waals surface area contributed by atoms with Crippen LogP contribution in [0.25, 0.3) is 11.3 Å². The van der Waals surface area contributed by atoms with E-state index in [-0.39, 0.29) is 26.9 Å². The Morgan fingerprint density at radius 2 is 1.80 bits per heavy atom. The Morgan fingerprint density at radius 3 is 2.34 bits per heavy atom. The molecule has 2 aromatic carbocycles. The van der Waals surface area contributed by atoms with Gasteiger partial charge in [0, 0.05) is 34.0 Å².